The first-order valence-electron chi connectivity index (χ1n) is 5.21. The van der Waals surface area contributed by atoms with Gasteiger partial charge in [0.1, 0.15) is 0 Å². The molecular formula is C12H13BO3. The standard InChI is InChI=1S/C12H13BO3/c14-8-9-16-13(15)12-7-3-5-10-4-1-2-6-11(10)12/h1-7,14-15H,8-9H2. The summed E-state index contributed by atoms with van der Waals surface area (Å²) >= 11 is 0. The van der Waals surface area contributed by atoms with E-state index in [2.05, 4.69) is 0 Å². The van der Waals surface area contributed by atoms with Crippen LogP contribution in [-0.4, -0.2) is 30.5 Å². The van der Waals surface area contributed by atoms with E-state index in [4.69, 9.17) is 9.76 Å². The Bertz CT molecular complexity index is 467. The second kappa shape index (κ2) is 5.12. The van der Waals surface area contributed by atoms with Gasteiger partial charge in [0.2, 0.25) is 0 Å². The summed E-state index contributed by atoms with van der Waals surface area (Å²) in [6.45, 7) is 0.0339. The highest BCUT2D eigenvalue weighted by molar-refractivity contribution is 6.63. The average Bonchev–Trinajstić information content (AvgIpc) is 2.35. The van der Waals surface area contributed by atoms with Crippen molar-refractivity contribution in [2.24, 2.45) is 0 Å². The Labute approximate surface area is 94.4 Å². The summed E-state index contributed by atoms with van der Waals surface area (Å²) in [6, 6.07) is 13.5. The third-order valence-corrected chi connectivity index (χ3v) is 2.46. The van der Waals surface area contributed by atoms with Crippen LogP contribution in [0.4, 0.5) is 0 Å². The van der Waals surface area contributed by atoms with Crippen LogP contribution in [0.5, 0.6) is 0 Å². The summed E-state index contributed by atoms with van der Waals surface area (Å²) in [5, 5.41) is 20.5. The Morgan fingerprint density at radius 2 is 1.81 bits per heavy atom. The Kier molecular flexibility index (Phi) is 3.56. The molecular weight excluding hydrogens is 203 g/mol. The molecule has 0 radical (unpaired) electrons. The van der Waals surface area contributed by atoms with Crippen LogP contribution in [0.1, 0.15) is 0 Å². The monoisotopic (exact) mass is 216 g/mol. The van der Waals surface area contributed by atoms with Crippen molar-refractivity contribution in [3.05, 3.63) is 42.5 Å². The van der Waals surface area contributed by atoms with Crippen molar-refractivity contribution in [1.82, 2.24) is 0 Å². The summed E-state index contributed by atoms with van der Waals surface area (Å²) in [4.78, 5) is 0. The smallest absolute Gasteiger partial charge is 0.423 e. The molecule has 0 aliphatic rings. The molecule has 0 aromatic heterocycles. The molecule has 0 aliphatic carbocycles. The first-order valence-corrected chi connectivity index (χ1v) is 5.21. The van der Waals surface area contributed by atoms with Gasteiger partial charge in [-0.3, -0.25) is 0 Å². The number of benzene rings is 2. The fourth-order valence-corrected chi connectivity index (χ4v) is 1.72. The quantitative estimate of drug-likeness (QED) is 0.733. The second-order valence-electron chi connectivity index (χ2n) is 3.52. The lowest BCUT2D eigenvalue weighted by atomic mass is 9.76. The van der Waals surface area contributed by atoms with Gasteiger partial charge < -0.3 is 14.8 Å². The molecule has 0 unspecified atom stereocenters. The fourth-order valence-electron chi connectivity index (χ4n) is 1.72. The lowest BCUT2D eigenvalue weighted by Gasteiger charge is -2.09. The first kappa shape index (κ1) is 11.1. The first-order chi connectivity index (χ1) is 7.83. The van der Waals surface area contributed by atoms with E-state index in [1.807, 2.05) is 42.5 Å². The molecule has 3 nitrogen and oxygen atoms in total. The van der Waals surface area contributed by atoms with Crippen molar-refractivity contribution >= 4 is 23.4 Å². The van der Waals surface area contributed by atoms with Crippen LogP contribution < -0.4 is 5.46 Å². The predicted octanol–water partition coefficient (Wildman–Crippen LogP) is 0.536. The molecule has 0 saturated carbocycles. The summed E-state index contributed by atoms with van der Waals surface area (Å²) in [5.74, 6) is 0. The minimum Gasteiger partial charge on any atom is -0.423 e. The lowest BCUT2D eigenvalue weighted by molar-refractivity contribution is 0.183. The normalized spacial score (nSPS) is 10.6. The molecule has 0 spiro atoms. The average molecular weight is 216 g/mol. The summed E-state index contributed by atoms with van der Waals surface area (Å²) in [7, 11) is -0.988. The summed E-state index contributed by atoms with van der Waals surface area (Å²) in [5.41, 5.74) is 0.728. The van der Waals surface area contributed by atoms with Crippen LogP contribution in [0.25, 0.3) is 10.8 Å². The van der Waals surface area contributed by atoms with Gasteiger partial charge in [0.25, 0.3) is 0 Å². The van der Waals surface area contributed by atoms with Crippen LogP contribution in [0.15, 0.2) is 42.5 Å². The van der Waals surface area contributed by atoms with Crippen LogP contribution in [-0.2, 0) is 4.65 Å². The molecule has 2 aromatic rings. The van der Waals surface area contributed by atoms with Crippen molar-refractivity contribution in [3.63, 3.8) is 0 Å². The van der Waals surface area contributed by atoms with Gasteiger partial charge in [0.15, 0.2) is 0 Å². The Morgan fingerprint density at radius 3 is 2.62 bits per heavy atom. The maximum Gasteiger partial charge on any atom is 0.491 e. The van der Waals surface area contributed by atoms with Crippen LogP contribution in [0, 0.1) is 0 Å². The highest BCUT2D eigenvalue weighted by Crippen LogP contribution is 2.11. The van der Waals surface area contributed by atoms with E-state index in [1.54, 1.807) is 0 Å². The molecule has 0 fully saturated rings. The molecule has 2 N–H and O–H groups in total. The molecule has 0 saturated heterocycles. The van der Waals surface area contributed by atoms with Crippen molar-refractivity contribution in [2.75, 3.05) is 13.2 Å². The van der Waals surface area contributed by atoms with Crippen LogP contribution in [0.2, 0.25) is 0 Å². The van der Waals surface area contributed by atoms with E-state index in [0.29, 0.717) is 0 Å². The lowest BCUT2D eigenvalue weighted by Crippen LogP contribution is -2.35. The highest BCUT2D eigenvalue weighted by atomic mass is 16.5. The van der Waals surface area contributed by atoms with Gasteiger partial charge in [-0.15, -0.1) is 0 Å². The minimum atomic E-state index is -0.988. The zero-order valence-electron chi connectivity index (χ0n) is 8.84. The van der Waals surface area contributed by atoms with Gasteiger partial charge in [-0.1, -0.05) is 42.5 Å². The predicted molar refractivity (Wildman–Crippen MR) is 64.6 cm³/mol. The van der Waals surface area contributed by atoms with E-state index < -0.39 is 7.12 Å². The van der Waals surface area contributed by atoms with E-state index in [9.17, 15) is 5.02 Å². The van der Waals surface area contributed by atoms with Crippen LogP contribution >= 0.6 is 0 Å². The summed E-state index contributed by atoms with van der Waals surface area (Å²) < 4.78 is 5.09. The Hall–Kier alpha value is -1.36. The number of rotatable bonds is 4. The molecule has 82 valence electrons. The minimum absolute atomic E-state index is 0.0954. The maximum absolute atomic E-state index is 9.82. The third-order valence-electron chi connectivity index (χ3n) is 2.46. The van der Waals surface area contributed by atoms with Gasteiger partial charge in [-0.25, -0.2) is 0 Å². The van der Waals surface area contributed by atoms with E-state index in [1.165, 1.54) is 0 Å². The van der Waals surface area contributed by atoms with Crippen molar-refractivity contribution < 1.29 is 14.8 Å². The molecule has 16 heavy (non-hydrogen) atoms. The zero-order chi connectivity index (χ0) is 11.4. The topological polar surface area (TPSA) is 49.7 Å². The van der Waals surface area contributed by atoms with Gasteiger partial charge >= 0.3 is 7.12 Å². The maximum atomic E-state index is 9.82. The zero-order valence-corrected chi connectivity index (χ0v) is 8.84. The van der Waals surface area contributed by atoms with Gasteiger partial charge in [0, 0.05) is 0 Å². The SMILES string of the molecule is OCCOB(O)c1cccc2ccccc12. The van der Waals surface area contributed by atoms with E-state index in [-0.39, 0.29) is 13.2 Å². The third kappa shape index (κ3) is 2.24. The Balaban J connectivity index is 2.36. The van der Waals surface area contributed by atoms with Crippen molar-refractivity contribution in [3.8, 4) is 0 Å². The van der Waals surface area contributed by atoms with Crippen molar-refractivity contribution in [2.45, 2.75) is 0 Å². The number of hydrogen-bond acceptors (Lipinski definition) is 3. The molecule has 0 heterocycles. The summed E-state index contributed by atoms with van der Waals surface area (Å²) in [6.07, 6.45) is 0. The largest absolute Gasteiger partial charge is 0.491 e. The fraction of sp³-hybridized carbons (Fsp3) is 0.167. The van der Waals surface area contributed by atoms with E-state index >= 15 is 0 Å². The van der Waals surface area contributed by atoms with Crippen molar-refractivity contribution in [1.29, 1.82) is 0 Å². The number of hydrogen-bond donors (Lipinski definition) is 2. The molecule has 0 atom stereocenters. The van der Waals surface area contributed by atoms with Gasteiger partial charge in [-0.2, -0.15) is 0 Å². The molecule has 0 bridgehead atoms. The number of aliphatic hydroxyl groups is 1. The molecule has 0 aliphatic heterocycles. The second-order valence-corrected chi connectivity index (χ2v) is 3.52. The molecule has 2 rings (SSSR count). The Morgan fingerprint density at radius 1 is 1.06 bits per heavy atom. The molecule has 2 aromatic carbocycles. The van der Waals surface area contributed by atoms with Gasteiger partial charge in [-0.05, 0) is 16.2 Å². The number of aliphatic hydroxyl groups excluding tert-OH is 1. The molecule has 4 heteroatoms. The van der Waals surface area contributed by atoms with Gasteiger partial charge in [0.05, 0.1) is 13.2 Å². The highest BCUT2D eigenvalue weighted by Gasteiger charge is 2.18. The van der Waals surface area contributed by atoms with Crippen LogP contribution in [0.3, 0.4) is 0 Å². The van der Waals surface area contributed by atoms with E-state index in [0.717, 1.165) is 16.2 Å². The number of fused-ring (bicyclic) bond motifs is 1. The molecule has 0 amide bonds.